The maximum Gasteiger partial charge on any atom is 0.221 e. The average Bonchev–Trinajstić information content (AvgIpc) is 3.01. The topological polar surface area (TPSA) is 90.5 Å². The molecule has 0 aliphatic carbocycles. The number of hydrogen-bond donors (Lipinski definition) is 4. The average molecular weight is 624 g/mol. The Morgan fingerprint density at radius 1 is 0.455 bits per heavy atom. The van der Waals surface area contributed by atoms with Gasteiger partial charge >= 0.3 is 0 Å². The van der Waals surface area contributed by atoms with E-state index in [9.17, 15) is 9.59 Å². The first-order valence-electron chi connectivity index (χ1n) is 19.5. The van der Waals surface area contributed by atoms with Crippen LogP contribution in [0.3, 0.4) is 0 Å². The van der Waals surface area contributed by atoms with Crippen LogP contribution in [0.25, 0.3) is 0 Å². The predicted molar refractivity (Wildman–Crippen MR) is 190 cm³/mol. The number of hydrogen-bond acceptors (Lipinski definition) is 4. The van der Waals surface area contributed by atoms with Gasteiger partial charge in [0.05, 0.1) is 0 Å². The minimum atomic E-state index is -0.333. The molecule has 0 saturated heterocycles. The van der Waals surface area contributed by atoms with E-state index in [2.05, 4.69) is 29.8 Å². The van der Waals surface area contributed by atoms with E-state index in [4.69, 9.17) is 5.11 Å². The minimum absolute atomic E-state index is 0.0368. The van der Waals surface area contributed by atoms with E-state index >= 15 is 0 Å². The van der Waals surface area contributed by atoms with Gasteiger partial charge in [-0.15, -0.1) is 0 Å². The highest BCUT2D eigenvalue weighted by atomic mass is 16.3. The first-order chi connectivity index (χ1) is 21.6. The Morgan fingerprint density at radius 3 is 1.09 bits per heavy atom. The molecule has 44 heavy (non-hydrogen) atoms. The number of aliphatic hydroxyl groups excluding tert-OH is 1. The van der Waals surface area contributed by atoms with Crippen molar-refractivity contribution in [3.8, 4) is 0 Å². The Morgan fingerprint density at radius 2 is 0.773 bits per heavy atom. The van der Waals surface area contributed by atoms with E-state index in [0.29, 0.717) is 32.2 Å². The molecule has 0 bridgehead atoms. The van der Waals surface area contributed by atoms with Crippen molar-refractivity contribution in [1.29, 1.82) is 0 Å². The van der Waals surface area contributed by atoms with Crippen LogP contribution in [-0.2, 0) is 9.59 Å². The third kappa shape index (κ3) is 33.7. The van der Waals surface area contributed by atoms with Crippen molar-refractivity contribution in [1.82, 2.24) is 16.0 Å². The lowest BCUT2D eigenvalue weighted by atomic mass is 10.0. The van der Waals surface area contributed by atoms with Crippen molar-refractivity contribution in [3.05, 3.63) is 0 Å². The third-order valence-corrected chi connectivity index (χ3v) is 8.81. The molecule has 262 valence electrons. The van der Waals surface area contributed by atoms with Gasteiger partial charge in [0.1, 0.15) is 6.17 Å². The summed E-state index contributed by atoms with van der Waals surface area (Å²) in [7, 11) is 0. The fraction of sp³-hybridized carbons (Fsp3) is 0.947. The summed E-state index contributed by atoms with van der Waals surface area (Å²) >= 11 is 0. The quantitative estimate of drug-likeness (QED) is 0.0413. The first-order valence-corrected chi connectivity index (χ1v) is 19.5. The van der Waals surface area contributed by atoms with Gasteiger partial charge in [-0.2, -0.15) is 0 Å². The largest absolute Gasteiger partial charge is 0.396 e. The molecule has 0 aromatic carbocycles. The van der Waals surface area contributed by atoms with Crippen molar-refractivity contribution in [2.45, 2.75) is 213 Å². The van der Waals surface area contributed by atoms with E-state index in [0.717, 1.165) is 32.2 Å². The Balaban J connectivity index is 3.97. The van der Waals surface area contributed by atoms with Gasteiger partial charge in [-0.1, -0.05) is 168 Å². The molecule has 4 N–H and O–H groups in total. The molecule has 0 heterocycles. The van der Waals surface area contributed by atoms with Gasteiger partial charge in [0.15, 0.2) is 0 Å². The molecule has 0 atom stereocenters. The van der Waals surface area contributed by atoms with Crippen molar-refractivity contribution in [3.63, 3.8) is 0 Å². The molecule has 0 aromatic rings. The second-order valence-electron chi connectivity index (χ2n) is 13.3. The fourth-order valence-electron chi connectivity index (χ4n) is 5.90. The summed E-state index contributed by atoms with van der Waals surface area (Å²) in [4.78, 5) is 25.3. The smallest absolute Gasteiger partial charge is 0.221 e. The summed E-state index contributed by atoms with van der Waals surface area (Å²) in [5.74, 6) is 0.0735. The maximum absolute atomic E-state index is 12.6. The van der Waals surface area contributed by atoms with Crippen molar-refractivity contribution >= 4 is 11.8 Å². The molecule has 0 saturated carbocycles. The van der Waals surface area contributed by atoms with Crippen LogP contribution >= 0.6 is 0 Å². The summed E-state index contributed by atoms with van der Waals surface area (Å²) in [6.07, 6.45) is 35.7. The molecule has 0 spiro atoms. The molecule has 0 fully saturated rings. The Labute approximate surface area is 274 Å². The Kier molecular flexibility index (Phi) is 35.4. The maximum atomic E-state index is 12.6. The van der Waals surface area contributed by atoms with E-state index in [1.165, 1.54) is 141 Å². The van der Waals surface area contributed by atoms with Crippen LogP contribution in [0.5, 0.6) is 0 Å². The summed E-state index contributed by atoms with van der Waals surface area (Å²) in [5, 5.41) is 18.4. The third-order valence-electron chi connectivity index (χ3n) is 8.81. The van der Waals surface area contributed by atoms with Crippen LogP contribution in [0.2, 0.25) is 0 Å². The minimum Gasteiger partial charge on any atom is -0.396 e. The van der Waals surface area contributed by atoms with Crippen LogP contribution in [0.1, 0.15) is 206 Å². The lowest BCUT2D eigenvalue weighted by molar-refractivity contribution is -0.124. The highest BCUT2D eigenvalue weighted by Gasteiger charge is 2.14. The summed E-state index contributed by atoms with van der Waals surface area (Å²) in [5.41, 5.74) is 0. The Hall–Kier alpha value is -1.14. The number of carbonyl (C=O) groups is 2. The molecule has 6 heteroatoms. The van der Waals surface area contributed by atoms with Gasteiger partial charge in [0.25, 0.3) is 0 Å². The monoisotopic (exact) mass is 624 g/mol. The van der Waals surface area contributed by atoms with Gasteiger partial charge < -0.3 is 21.1 Å². The highest BCUT2D eigenvalue weighted by molar-refractivity contribution is 5.79. The highest BCUT2D eigenvalue weighted by Crippen LogP contribution is 2.14. The van der Waals surface area contributed by atoms with Gasteiger partial charge in [0, 0.05) is 19.4 Å². The zero-order valence-electron chi connectivity index (χ0n) is 29.7. The molecule has 0 unspecified atom stereocenters. The summed E-state index contributed by atoms with van der Waals surface area (Å²) in [6.45, 7) is 6.15. The molecule has 0 aliphatic heterocycles. The second-order valence-corrected chi connectivity index (χ2v) is 13.3. The lowest BCUT2D eigenvalue weighted by Crippen LogP contribution is -2.49. The van der Waals surface area contributed by atoms with Gasteiger partial charge in [-0.3, -0.25) is 9.59 Å². The van der Waals surface area contributed by atoms with Crippen LogP contribution in [0.4, 0.5) is 0 Å². The van der Waals surface area contributed by atoms with E-state index in [-0.39, 0.29) is 24.6 Å². The molecule has 6 nitrogen and oxygen atoms in total. The van der Waals surface area contributed by atoms with E-state index < -0.39 is 0 Å². The molecule has 0 aliphatic rings. The second kappa shape index (κ2) is 36.3. The number of amides is 2. The normalized spacial score (nSPS) is 11.4. The van der Waals surface area contributed by atoms with Crippen LogP contribution in [-0.4, -0.2) is 42.8 Å². The van der Waals surface area contributed by atoms with Crippen LogP contribution in [0.15, 0.2) is 0 Å². The lowest BCUT2D eigenvalue weighted by Gasteiger charge is -2.21. The fourth-order valence-corrected chi connectivity index (χ4v) is 5.90. The molecule has 0 radical (unpaired) electrons. The van der Waals surface area contributed by atoms with E-state index in [1.54, 1.807) is 0 Å². The van der Waals surface area contributed by atoms with Gasteiger partial charge in [-0.05, 0) is 38.8 Å². The number of nitrogens with one attached hydrogen (secondary N) is 3. The number of aliphatic hydroxyl groups is 1. The van der Waals surface area contributed by atoms with Gasteiger partial charge in [0.2, 0.25) is 11.8 Å². The zero-order chi connectivity index (χ0) is 32.2. The molecule has 0 aromatic heterocycles. The predicted octanol–water partition coefficient (Wildman–Crippen LogP) is 9.87. The van der Waals surface area contributed by atoms with Gasteiger partial charge in [-0.25, -0.2) is 0 Å². The van der Waals surface area contributed by atoms with E-state index in [1.807, 2.05) is 0 Å². The standard InChI is InChI=1S/C38H77N3O3/c1-3-5-7-9-11-13-15-17-19-21-23-25-27-30-37(43)40-36(32-34-39-33-29-35-42)41-38(44)31-28-26-24-22-20-18-16-14-12-10-8-6-4-2/h36,39,42H,3-35H2,1-2H3,(H,40,43)(H,41,44). The number of unbranched alkanes of at least 4 members (excludes halogenated alkanes) is 24. The first kappa shape index (κ1) is 42.9. The summed E-state index contributed by atoms with van der Waals surface area (Å²) in [6, 6.07) is 0. The molecule has 0 rings (SSSR count). The molecular weight excluding hydrogens is 546 g/mol. The zero-order valence-corrected chi connectivity index (χ0v) is 29.7. The van der Waals surface area contributed by atoms with Crippen molar-refractivity contribution < 1.29 is 14.7 Å². The SMILES string of the molecule is CCCCCCCCCCCCCCCC(=O)NC(CCNCCCO)NC(=O)CCCCCCCCCCCCCCC. The van der Waals surface area contributed by atoms with Crippen molar-refractivity contribution in [2.75, 3.05) is 19.7 Å². The number of carbonyl (C=O) groups excluding carboxylic acids is 2. The summed E-state index contributed by atoms with van der Waals surface area (Å²) < 4.78 is 0. The van der Waals surface area contributed by atoms with Crippen LogP contribution < -0.4 is 16.0 Å². The molecular formula is C38H77N3O3. The Bertz CT molecular complexity index is 558. The van der Waals surface area contributed by atoms with Crippen molar-refractivity contribution in [2.24, 2.45) is 0 Å². The van der Waals surface area contributed by atoms with Crippen LogP contribution in [0, 0.1) is 0 Å². The number of rotatable bonds is 36. The molecule has 2 amide bonds.